The Bertz CT molecular complexity index is 474. The van der Waals surface area contributed by atoms with Gasteiger partial charge in [-0.3, -0.25) is 14.8 Å². The summed E-state index contributed by atoms with van der Waals surface area (Å²) < 4.78 is 0. The summed E-state index contributed by atoms with van der Waals surface area (Å²) in [4.78, 5) is 19.0. The highest BCUT2D eigenvalue weighted by Gasteiger charge is 1.96. The fourth-order valence-corrected chi connectivity index (χ4v) is 1.15. The molecule has 1 aromatic rings. The molecule has 0 aliphatic carbocycles. The number of carbonyl (C=O) groups excluding carboxylic acids is 1. The van der Waals surface area contributed by atoms with Crippen molar-refractivity contribution in [3.63, 3.8) is 0 Å². The van der Waals surface area contributed by atoms with Gasteiger partial charge < -0.3 is 0 Å². The molecule has 0 N–H and O–H groups in total. The molecule has 0 amide bonds. The smallest absolute Gasteiger partial charge is 0.195 e. The molecule has 0 fully saturated rings. The quantitative estimate of drug-likeness (QED) is 0.529. The van der Waals surface area contributed by atoms with Gasteiger partial charge in [0, 0.05) is 11.4 Å². The molecule has 0 unspecified atom stereocenters. The minimum atomic E-state index is -0.0641. The summed E-state index contributed by atoms with van der Waals surface area (Å²) in [7, 11) is 0. The molecule has 1 aliphatic rings. The van der Waals surface area contributed by atoms with Gasteiger partial charge in [-0.15, -0.1) is 0 Å². The van der Waals surface area contributed by atoms with Gasteiger partial charge in [0.05, 0.1) is 11.6 Å². The summed E-state index contributed by atoms with van der Waals surface area (Å²) in [6, 6.07) is 7.61. The maximum Gasteiger partial charge on any atom is 0.195 e. The van der Waals surface area contributed by atoms with Crippen LogP contribution in [0.3, 0.4) is 0 Å². The summed E-state index contributed by atoms with van der Waals surface area (Å²) in [6.45, 7) is 0.189. The van der Waals surface area contributed by atoms with Gasteiger partial charge in [-0.25, -0.2) is 0 Å². The van der Waals surface area contributed by atoms with Crippen LogP contribution in [0, 0.1) is 0 Å². The third-order valence-electron chi connectivity index (χ3n) is 1.77. The lowest BCUT2D eigenvalue weighted by molar-refractivity contribution is -0.111. The van der Waals surface area contributed by atoms with Crippen LogP contribution in [0.2, 0.25) is 0 Å². The van der Waals surface area contributed by atoms with Crippen LogP contribution in [-0.4, -0.2) is 18.5 Å². The van der Waals surface area contributed by atoms with Crippen LogP contribution in [-0.2, 0) is 4.79 Å². The van der Waals surface area contributed by atoms with Crippen molar-refractivity contribution in [1.82, 2.24) is 0 Å². The number of rotatable bonds is 0. The number of ketones is 1. The maximum absolute atomic E-state index is 11.0. The Labute approximate surface area is 75.1 Å². The lowest BCUT2D eigenvalue weighted by Gasteiger charge is -1.93. The van der Waals surface area contributed by atoms with Gasteiger partial charge >= 0.3 is 0 Å². The minimum absolute atomic E-state index is 0.0641. The molecule has 0 saturated heterocycles. The molecular formula is C10H8N2O. The number of benzene rings is 1. The van der Waals surface area contributed by atoms with Gasteiger partial charge in [0.25, 0.3) is 0 Å². The van der Waals surface area contributed by atoms with Gasteiger partial charge in [-0.2, -0.15) is 0 Å². The van der Waals surface area contributed by atoms with Crippen molar-refractivity contribution in [2.75, 3.05) is 6.54 Å². The Morgan fingerprint density at radius 2 is 2.08 bits per heavy atom. The van der Waals surface area contributed by atoms with Crippen molar-refractivity contribution in [1.29, 1.82) is 0 Å². The highest BCUT2D eigenvalue weighted by Crippen LogP contribution is 1.79. The minimum Gasteiger partial charge on any atom is -0.291 e. The molecule has 3 heteroatoms. The zero-order valence-electron chi connectivity index (χ0n) is 6.97. The molecule has 64 valence electrons. The van der Waals surface area contributed by atoms with Crippen LogP contribution in [0.25, 0.3) is 6.20 Å². The van der Waals surface area contributed by atoms with E-state index in [-0.39, 0.29) is 12.3 Å². The van der Waals surface area contributed by atoms with Crippen molar-refractivity contribution in [3.8, 4) is 0 Å². The molecule has 1 aromatic carbocycles. The monoisotopic (exact) mass is 172 g/mol. The summed E-state index contributed by atoms with van der Waals surface area (Å²) in [5.41, 5.74) is 0. The predicted octanol–water partition coefficient (Wildman–Crippen LogP) is -0.302. The number of Topliss-reactive ketones (excluding diaryl/α,β-unsaturated/α-hetero) is 1. The first-order valence-electron chi connectivity index (χ1n) is 4.02. The van der Waals surface area contributed by atoms with Gasteiger partial charge in [0.15, 0.2) is 5.78 Å². The van der Waals surface area contributed by atoms with Crippen LogP contribution in [0.15, 0.2) is 34.3 Å². The Morgan fingerprint density at radius 1 is 1.23 bits per heavy atom. The van der Waals surface area contributed by atoms with Crippen molar-refractivity contribution in [2.24, 2.45) is 9.98 Å². The average molecular weight is 172 g/mol. The molecule has 13 heavy (non-hydrogen) atoms. The molecule has 1 heterocycles. The number of para-hydroxylation sites is 1. The molecule has 1 aliphatic heterocycles. The van der Waals surface area contributed by atoms with Gasteiger partial charge in [0.2, 0.25) is 0 Å². The van der Waals surface area contributed by atoms with Crippen molar-refractivity contribution in [2.45, 2.75) is 0 Å². The van der Waals surface area contributed by atoms with E-state index in [0.29, 0.717) is 0 Å². The topological polar surface area (TPSA) is 41.8 Å². The Kier molecular flexibility index (Phi) is 2.00. The van der Waals surface area contributed by atoms with E-state index in [9.17, 15) is 4.79 Å². The lowest BCUT2D eigenvalue weighted by atomic mass is 10.3. The SMILES string of the molecule is O=C1C=N/C=c2/ccccc2=NC1. The first-order valence-corrected chi connectivity index (χ1v) is 4.02. The second kappa shape index (κ2) is 3.31. The molecule has 0 radical (unpaired) electrons. The number of hydrogen-bond donors (Lipinski definition) is 0. The number of carbonyl (C=O) groups is 1. The second-order valence-corrected chi connectivity index (χ2v) is 2.75. The van der Waals surface area contributed by atoms with Crippen molar-refractivity contribution in [3.05, 3.63) is 34.8 Å². The second-order valence-electron chi connectivity index (χ2n) is 2.75. The van der Waals surface area contributed by atoms with Crippen LogP contribution in [0.5, 0.6) is 0 Å². The largest absolute Gasteiger partial charge is 0.291 e. The molecule has 0 saturated carbocycles. The molecule has 0 bridgehead atoms. The average Bonchev–Trinajstić information content (AvgIpc) is 2.13. The van der Waals surface area contributed by atoms with Crippen LogP contribution in [0.4, 0.5) is 0 Å². The number of nitrogens with zero attached hydrogens (tertiary/aromatic N) is 2. The zero-order chi connectivity index (χ0) is 9.10. The van der Waals surface area contributed by atoms with E-state index in [1.54, 1.807) is 6.20 Å². The summed E-state index contributed by atoms with van der Waals surface area (Å²) in [5.74, 6) is -0.0641. The van der Waals surface area contributed by atoms with Crippen molar-refractivity contribution >= 4 is 18.2 Å². The standard InChI is InChI=1S/C10H8N2O/c13-9-6-11-5-8-3-1-2-4-10(8)12-7-9/h1-6H,7H2/b8-5-,11-6?,12-10?. The molecule has 3 nitrogen and oxygen atoms in total. The van der Waals surface area contributed by atoms with Crippen LogP contribution in [0.1, 0.15) is 0 Å². The molecule has 0 atom stereocenters. The normalized spacial score (nSPS) is 17.5. The molecular weight excluding hydrogens is 164 g/mol. The highest BCUT2D eigenvalue weighted by molar-refractivity contribution is 6.28. The van der Waals surface area contributed by atoms with E-state index in [1.165, 1.54) is 6.21 Å². The maximum atomic E-state index is 11.0. The van der Waals surface area contributed by atoms with Gasteiger partial charge in [-0.05, 0) is 6.07 Å². The third-order valence-corrected chi connectivity index (χ3v) is 1.77. The fraction of sp³-hybridized carbons (Fsp3) is 0.100. The van der Waals surface area contributed by atoms with E-state index in [1.807, 2.05) is 24.3 Å². The van der Waals surface area contributed by atoms with E-state index in [2.05, 4.69) is 9.98 Å². The third kappa shape index (κ3) is 1.69. The number of aliphatic imine (C=N–C) groups is 1. The van der Waals surface area contributed by atoms with Gasteiger partial charge in [-0.1, -0.05) is 18.2 Å². The fourth-order valence-electron chi connectivity index (χ4n) is 1.15. The summed E-state index contributed by atoms with van der Waals surface area (Å²) in [5, 5.41) is 1.78. The zero-order valence-corrected chi connectivity index (χ0v) is 6.97. The summed E-state index contributed by atoms with van der Waals surface area (Å²) in [6.07, 6.45) is 2.95. The first kappa shape index (κ1) is 7.86. The highest BCUT2D eigenvalue weighted by atomic mass is 16.1. The van der Waals surface area contributed by atoms with Crippen LogP contribution < -0.4 is 10.6 Å². The number of hydrogen-bond acceptors (Lipinski definition) is 3. The predicted molar refractivity (Wildman–Crippen MR) is 50.1 cm³/mol. The Hall–Kier alpha value is -1.77. The van der Waals surface area contributed by atoms with Crippen molar-refractivity contribution < 1.29 is 4.79 Å². The van der Waals surface area contributed by atoms with Crippen LogP contribution >= 0.6 is 0 Å². The summed E-state index contributed by atoms with van der Waals surface area (Å²) >= 11 is 0. The number of fused-ring (bicyclic) bond motifs is 1. The van der Waals surface area contributed by atoms with E-state index >= 15 is 0 Å². The first-order chi connectivity index (χ1) is 6.36. The molecule has 2 rings (SSSR count). The Balaban J connectivity index is 2.69. The van der Waals surface area contributed by atoms with E-state index in [0.717, 1.165) is 10.6 Å². The van der Waals surface area contributed by atoms with Gasteiger partial charge in [0.1, 0.15) is 6.54 Å². The molecule has 0 aromatic heterocycles. The van der Waals surface area contributed by atoms with E-state index < -0.39 is 0 Å². The van der Waals surface area contributed by atoms with E-state index in [4.69, 9.17) is 0 Å². The lowest BCUT2D eigenvalue weighted by Crippen LogP contribution is -2.26. The molecule has 0 spiro atoms. The Morgan fingerprint density at radius 3 is 3.00 bits per heavy atom.